The predicted molar refractivity (Wildman–Crippen MR) is 127 cm³/mol. The highest BCUT2D eigenvalue weighted by Crippen LogP contribution is 2.31. The first-order valence-electron chi connectivity index (χ1n) is 12.1. The lowest BCUT2D eigenvalue weighted by Gasteiger charge is -2.34. The number of H-pyrrole nitrogens is 1. The number of pyridine rings is 1. The van der Waals surface area contributed by atoms with Crippen molar-refractivity contribution in [2.75, 3.05) is 20.1 Å². The monoisotopic (exact) mass is 431 g/mol. The van der Waals surface area contributed by atoms with Gasteiger partial charge >= 0.3 is 0 Å². The summed E-state index contributed by atoms with van der Waals surface area (Å²) >= 11 is 0. The van der Waals surface area contributed by atoms with E-state index < -0.39 is 0 Å². The van der Waals surface area contributed by atoms with E-state index in [-0.39, 0.29) is 5.91 Å². The van der Waals surface area contributed by atoms with Crippen LogP contribution in [0.5, 0.6) is 0 Å². The molecule has 1 N–H and O–H groups in total. The van der Waals surface area contributed by atoms with E-state index >= 15 is 0 Å². The number of benzene rings is 1. The molecule has 0 bridgehead atoms. The van der Waals surface area contributed by atoms with E-state index in [2.05, 4.69) is 44.3 Å². The maximum absolute atomic E-state index is 13.3. The van der Waals surface area contributed by atoms with Crippen molar-refractivity contribution < 1.29 is 4.79 Å². The molecule has 3 heterocycles. The van der Waals surface area contributed by atoms with Gasteiger partial charge in [-0.3, -0.25) is 19.8 Å². The van der Waals surface area contributed by atoms with Gasteiger partial charge in [-0.1, -0.05) is 37.5 Å². The topological polar surface area (TPSA) is 65.1 Å². The minimum absolute atomic E-state index is 0.123. The lowest BCUT2D eigenvalue weighted by molar-refractivity contribution is 0.0693. The van der Waals surface area contributed by atoms with Crippen LogP contribution in [0, 0.1) is 0 Å². The summed E-state index contributed by atoms with van der Waals surface area (Å²) in [6, 6.07) is 10.8. The zero-order valence-electron chi connectivity index (χ0n) is 19.0. The van der Waals surface area contributed by atoms with Gasteiger partial charge in [0.05, 0.1) is 23.0 Å². The molecule has 0 radical (unpaired) electrons. The van der Waals surface area contributed by atoms with Gasteiger partial charge in [0.1, 0.15) is 0 Å². The number of carbonyl (C=O) groups is 1. The quantitative estimate of drug-likeness (QED) is 0.634. The Balaban J connectivity index is 1.31. The highest BCUT2D eigenvalue weighted by Gasteiger charge is 2.30. The van der Waals surface area contributed by atoms with Gasteiger partial charge in [-0.2, -0.15) is 5.10 Å². The first-order valence-corrected chi connectivity index (χ1v) is 12.1. The molecule has 1 aromatic carbocycles. The van der Waals surface area contributed by atoms with Crippen LogP contribution in [0.15, 0.2) is 42.7 Å². The number of nitrogens with one attached hydrogen (secondary N) is 1. The fourth-order valence-electron chi connectivity index (χ4n) is 5.57. The molecule has 1 amide bonds. The standard InChI is InChI=1S/C26H33N5O/c1-30(21-9-3-2-4-10-21)26(32)23-16-28-29-25(23)20-8-7-15-31(18-20)17-19-13-14-27-24-12-6-5-11-22(19)24/h5-6,11-14,16,20-21H,2-4,7-10,15,17-18H2,1H3,(H,28,29). The Morgan fingerprint density at radius 2 is 1.97 bits per heavy atom. The van der Waals surface area contributed by atoms with Crippen LogP contribution in [0.3, 0.4) is 0 Å². The molecule has 6 nitrogen and oxygen atoms in total. The molecular weight excluding hydrogens is 398 g/mol. The largest absolute Gasteiger partial charge is 0.339 e. The van der Waals surface area contributed by atoms with Crippen LogP contribution in [-0.4, -0.2) is 57.1 Å². The fourth-order valence-corrected chi connectivity index (χ4v) is 5.57. The SMILES string of the molecule is CN(C(=O)c1cn[nH]c1C1CCCN(Cc2ccnc3ccccc23)C1)C1CCCCC1. The number of carbonyl (C=O) groups excluding carboxylic acids is 1. The Bertz CT molecular complexity index is 1070. The molecule has 1 aliphatic carbocycles. The van der Waals surface area contributed by atoms with Crippen molar-refractivity contribution in [3.05, 3.63) is 59.5 Å². The summed E-state index contributed by atoms with van der Waals surface area (Å²) in [6.45, 7) is 2.91. The van der Waals surface area contributed by atoms with Crippen molar-refractivity contribution in [3.8, 4) is 0 Å². The number of aromatic amines is 1. The van der Waals surface area contributed by atoms with Crippen LogP contribution in [-0.2, 0) is 6.54 Å². The Morgan fingerprint density at radius 1 is 1.12 bits per heavy atom. The number of aromatic nitrogens is 3. The molecule has 1 saturated carbocycles. The molecule has 1 saturated heterocycles. The normalized spacial score (nSPS) is 20.5. The molecule has 1 aliphatic heterocycles. The summed E-state index contributed by atoms with van der Waals surface area (Å²) < 4.78 is 0. The van der Waals surface area contributed by atoms with Gasteiger partial charge in [0.2, 0.25) is 0 Å². The number of nitrogens with zero attached hydrogens (tertiary/aromatic N) is 4. The molecular formula is C26H33N5O. The number of hydrogen-bond acceptors (Lipinski definition) is 4. The minimum Gasteiger partial charge on any atom is -0.339 e. The molecule has 0 spiro atoms. The maximum Gasteiger partial charge on any atom is 0.257 e. The van der Waals surface area contributed by atoms with Crippen LogP contribution in [0.25, 0.3) is 10.9 Å². The van der Waals surface area contributed by atoms with E-state index in [1.165, 1.54) is 30.2 Å². The second-order valence-electron chi connectivity index (χ2n) is 9.47. The highest BCUT2D eigenvalue weighted by atomic mass is 16.2. The molecule has 2 aromatic heterocycles. The van der Waals surface area contributed by atoms with E-state index in [0.717, 1.165) is 62.1 Å². The van der Waals surface area contributed by atoms with Gasteiger partial charge in [-0.25, -0.2) is 0 Å². The molecule has 3 aromatic rings. The number of amides is 1. The predicted octanol–water partition coefficient (Wildman–Crippen LogP) is 4.74. The Morgan fingerprint density at radius 3 is 2.84 bits per heavy atom. The number of hydrogen-bond donors (Lipinski definition) is 1. The van der Waals surface area contributed by atoms with Gasteiger partial charge in [0.25, 0.3) is 5.91 Å². The number of likely N-dealkylation sites (tertiary alicyclic amines) is 1. The van der Waals surface area contributed by atoms with E-state index in [4.69, 9.17) is 0 Å². The van der Waals surface area contributed by atoms with E-state index in [9.17, 15) is 4.79 Å². The number of piperidine rings is 1. The van der Waals surface area contributed by atoms with Gasteiger partial charge in [0, 0.05) is 43.7 Å². The maximum atomic E-state index is 13.3. The average molecular weight is 432 g/mol. The second kappa shape index (κ2) is 9.41. The summed E-state index contributed by atoms with van der Waals surface area (Å²) in [5.41, 5.74) is 4.14. The number of para-hydroxylation sites is 1. The Kier molecular flexibility index (Phi) is 6.21. The number of rotatable bonds is 5. The van der Waals surface area contributed by atoms with Gasteiger partial charge in [-0.05, 0) is 49.9 Å². The minimum atomic E-state index is 0.123. The third-order valence-corrected chi connectivity index (χ3v) is 7.39. The lowest BCUT2D eigenvalue weighted by atomic mass is 9.91. The smallest absolute Gasteiger partial charge is 0.257 e. The van der Waals surface area contributed by atoms with Crippen molar-refractivity contribution in [1.29, 1.82) is 0 Å². The zero-order chi connectivity index (χ0) is 21.9. The Hall–Kier alpha value is -2.73. The van der Waals surface area contributed by atoms with Gasteiger partial charge < -0.3 is 4.90 Å². The molecule has 2 fully saturated rings. The van der Waals surface area contributed by atoms with Crippen molar-refractivity contribution in [1.82, 2.24) is 25.0 Å². The average Bonchev–Trinajstić information content (AvgIpc) is 3.34. The molecule has 1 atom stereocenters. The van der Waals surface area contributed by atoms with Crippen LogP contribution >= 0.6 is 0 Å². The van der Waals surface area contributed by atoms with Crippen LogP contribution in [0.4, 0.5) is 0 Å². The van der Waals surface area contributed by atoms with Crippen molar-refractivity contribution in [2.24, 2.45) is 0 Å². The molecule has 1 unspecified atom stereocenters. The second-order valence-corrected chi connectivity index (χ2v) is 9.47. The van der Waals surface area contributed by atoms with E-state index in [1.807, 2.05) is 24.2 Å². The van der Waals surface area contributed by atoms with E-state index in [1.54, 1.807) is 6.20 Å². The zero-order valence-corrected chi connectivity index (χ0v) is 19.0. The van der Waals surface area contributed by atoms with Crippen molar-refractivity contribution >= 4 is 16.8 Å². The summed E-state index contributed by atoms with van der Waals surface area (Å²) in [6.07, 6.45) is 11.8. The molecule has 168 valence electrons. The summed E-state index contributed by atoms with van der Waals surface area (Å²) in [5, 5.41) is 8.72. The van der Waals surface area contributed by atoms with Gasteiger partial charge in [-0.15, -0.1) is 0 Å². The van der Waals surface area contributed by atoms with Crippen molar-refractivity contribution in [2.45, 2.75) is 63.5 Å². The summed E-state index contributed by atoms with van der Waals surface area (Å²) in [5.74, 6) is 0.427. The first kappa shape index (κ1) is 21.1. The molecule has 6 heteroatoms. The Labute approximate surface area is 190 Å². The van der Waals surface area contributed by atoms with Crippen molar-refractivity contribution in [3.63, 3.8) is 0 Å². The third-order valence-electron chi connectivity index (χ3n) is 7.39. The fraction of sp³-hybridized carbons (Fsp3) is 0.500. The van der Waals surface area contributed by atoms with Crippen LogP contribution in [0.2, 0.25) is 0 Å². The van der Waals surface area contributed by atoms with Crippen LogP contribution in [0.1, 0.15) is 72.5 Å². The van der Waals surface area contributed by atoms with Gasteiger partial charge in [0.15, 0.2) is 0 Å². The first-order chi connectivity index (χ1) is 15.7. The molecule has 5 rings (SSSR count). The lowest BCUT2D eigenvalue weighted by Crippen LogP contribution is -2.39. The van der Waals surface area contributed by atoms with Crippen LogP contribution < -0.4 is 0 Å². The third kappa shape index (κ3) is 4.29. The highest BCUT2D eigenvalue weighted by molar-refractivity contribution is 5.95. The summed E-state index contributed by atoms with van der Waals surface area (Å²) in [4.78, 5) is 22.3. The molecule has 32 heavy (non-hydrogen) atoms. The molecule has 2 aliphatic rings. The van der Waals surface area contributed by atoms with E-state index in [0.29, 0.717) is 12.0 Å². The summed E-state index contributed by atoms with van der Waals surface area (Å²) in [7, 11) is 1.97. The number of fused-ring (bicyclic) bond motifs is 1.